The van der Waals surface area contributed by atoms with Gasteiger partial charge in [0, 0.05) is 18.3 Å². The zero-order valence-electron chi connectivity index (χ0n) is 14.9. The highest BCUT2D eigenvalue weighted by atomic mass is 19.4. The van der Waals surface area contributed by atoms with Crippen LogP contribution in [0.2, 0.25) is 0 Å². The molecule has 3 N–H and O–H groups in total. The minimum atomic E-state index is -4.66. The minimum absolute atomic E-state index is 0.0537. The number of halogens is 3. The lowest BCUT2D eigenvalue weighted by molar-refractivity contribution is -0.138. The summed E-state index contributed by atoms with van der Waals surface area (Å²) in [5.74, 6) is -0.232. The molecule has 2 atom stereocenters. The van der Waals surface area contributed by atoms with Crippen molar-refractivity contribution >= 4 is 6.09 Å². The van der Waals surface area contributed by atoms with Gasteiger partial charge in [-0.15, -0.1) is 0 Å². The van der Waals surface area contributed by atoms with Gasteiger partial charge in [0.2, 0.25) is 5.88 Å². The number of methoxy groups -OCH3 is 1. The van der Waals surface area contributed by atoms with Crippen LogP contribution in [0.25, 0.3) is 0 Å². The van der Waals surface area contributed by atoms with Crippen molar-refractivity contribution in [3.8, 4) is 5.88 Å². The topological polar surface area (TPSA) is 101 Å². The summed E-state index contributed by atoms with van der Waals surface area (Å²) in [5, 5.41) is 22.6. The summed E-state index contributed by atoms with van der Waals surface area (Å²) in [6, 6.07) is 0.668. The molecular formula is C16H23F3N2O5. The van der Waals surface area contributed by atoms with Crippen molar-refractivity contribution in [1.82, 2.24) is 10.3 Å². The number of aliphatic hydroxyl groups excluding tert-OH is 2. The number of alkyl halides is 3. The average Bonchev–Trinajstić information content (AvgIpc) is 2.50. The first-order chi connectivity index (χ1) is 11.8. The van der Waals surface area contributed by atoms with E-state index in [0.717, 1.165) is 0 Å². The van der Waals surface area contributed by atoms with Gasteiger partial charge in [-0.05, 0) is 33.3 Å². The molecule has 0 aliphatic rings. The lowest BCUT2D eigenvalue weighted by Crippen LogP contribution is -2.34. The predicted molar refractivity (Wildman–Crippen MR) is 85.6 cm³/mol. The molecule has 1 heterocycles. The van der Waals surface area contributed by atoms with Crippen molar-refractivity contribution in [2.24, 2.45) is 0 Å². The van der Waals surface area contributed by atoms with Crippen LogP contribution in [0, 0.1) is 0 Å². The standard InChI is InChI=1S/C16H23F3N2O5/c1-15(2,3)26-14(24)20-6-5-11(22)12(23)10-7-9(16(17,18)19)8-21-13(10)25-4/h7-8,11-12,22-23H,5-6H2,1-4H3,(H,20,24). The highest BCUT2D eigenvalue weighted by Crippen LogP contribution is 2.34. The predicted octanol–water partition coefficient (Wildman–Crippen LogP) is 2.42. The molecule has 26 heavy (non-hydrogen) atoms. The molecule has 1 amide bonds. The maximum absolute atomic E-state index is 12.8. The zero-order chi connectivity index (χ0) is 20.1. The normalized spacial score (nSPS) is 14.5. The summed E-state index contributed by atoms with van der Waals surface area (Å²) in [5.41, 5.74) is -2.07. The number of nitrogens with zero attached hydrogens (tertiary/aromatic N) is 1. The van der Waals surface area contributed by atoms with Crippen LogP contribution in [0.15, 0.2) is 12.3 Å². The molecule has 0 saturated heterocycles. The molecule has 0 aliphatic heterocycles. The van der Waals surface area contributed by atoms with Crippen LogP contribution in [0.1, 0.15) is 44.4 Å². The number of hydrogen-bond donors (Lipinski definition) is 3. The van der Waals surface area contributed by atoms with Crippen LogP contribution >= 0.6 is 0 Å². The maximum Gasteiger partial charge on any atom is 0.417 e. The largest absolute Gasteiger partial charge is 0.481 e. The van der Waals surface area contributed by atoms with E-state index in [4.69, 9.17) is 9.47 Å². The molecule has 2 unspecified atom stereocenters. The van der Waals surface area contributed by atoms with E-state index >= 15 is 0 Å². The van der Waals surface area contributed by atoms with Crippen molar-refractivity contribution in [1.29, 1.82) is 0 Å². The second kappa shape index (κ2) is 8.54. The number of rotatable bonds is 6. The molecule has 10 heteroatoms. The first-order valence-electron chi connectivity index (χ1n) is 7.79. The Morgan fingerprint density at radius 2 is 1.92 bits per heavy atom. The van der Waals surface area contributed by atoms with E-state index in [1.54, 1.807) is 20.8 Å². The molecule has 1 aromatic rings. The van der Waals surface area contributed by atoms with Gasteiger partial charge in [0.15, 0.2) is 0 Å². The smallest absolute Gasteiger partial charge is 0.417 e. The number of amides is 1. The fourth-order valence-corrected chi connectivity index (χ4v) is 2.01. The first kappa shape index (κ1) is 22.0. The highest BCUT2D eigenvalue weighted by Gasteiger charge is 2.33. The van der Waals surface area contributed by atoms with Crippen molar-refractivity contribution in [2.75, 3.05) is 13.7 Å². The van der Waals surface area contributed by atoms with Gasteiger partial charge < -0.3 is 25.0 Å². The van der Waals surface area contributed by atoms with Crippen molar-refractivity contribution in [2.45, 2.75) is 51.2 Å². The first-order valence-corrected chi connectivity index (χ1v) is 7.79. The van der Waals surface area contributed by atoms with Gasteiger partial charge in [0.05, 0.1) is 18.8 Å². The maximum atomic E-state index is 12.8. The molecule has 7 nitrogen and oxygen atoms in total. The summed E-state index contributed by atoms with van der Waals surface area (Å²) < 4.78 is 48.3. The number of nitrogens with one attached hydrogen (secondary N) is 1. The van der Waals surface area contributed by atoms with Crippen LogP contribution in [-0.4, -0.2) is 46.6 Å². The molecule has 1 rings (SSSR count). The van der Waals surface area contributed by atoms with Gasteiger partial charge in [0.25, 0.3) is 0 Å². The molecule has 0 spiro atoms. The van der Waals surface area contributed by atoms with Crippen LogP contribution in [0.5, 0.6) is 5.88 Å². The van der Waals surface area contributed by atoms with E-state index in [9.17, 15) is 28.2 Å². The molecule has 0 aromatic carbocycles. The highest BCUT2D eigenvalue weighted by molar-refractivity contribution is 5.67. The van der Waals surface area contributed by atoms with E-state index in [-0.39, 0.29) is 24.4 Å². The van der Waals surface area contributed by atoms with Crippen molar-refractivity contribution < 1.29 is 37.7 Å². The monoisotopic (exact) mass is 380 g/mol. The van der Waals surface area contributed by atoms with Crippen LogP contribution in [0.4, 0.5) is 18.0 Å². The third kappa shape index (κ3) is 6.68. The van der Waals surface area contributed by atoms with Gasteiger partial charge in [-0.2, -0.15) is 13.2 Å². The minimum Gasteiger partial charge on any atom is -0.481 e. The number of pyridine rings is 1. The Labute approximate surface area is 149 Å². The van der Waals surface area contributed by atoms with Gasteiger partial charge in [-0.3, -0.25) is 0 Å². The van der Waals surface area contributed by atoms with Crippen molar-refractivity contribution in [3.05, 3.63) is 23.4 Å². The van der Waals surface area contributed by atoms with E-state index in [2.05, 4.69) is 10.3 Å². The molecule has 0 bridgehead atoms. The van der Waals surface area contributed by atoms with Gasteiger partial charge in [0.1, 0.15) is 11.7 Å². The summed E-state index contributed by atoms with van der Waals surface area (Å²) in [6.07, 6.45) is -8.05. The number of alkyl carbamates (subject to hydrolysis) is 1. The van der Waals surface area contributed by atoms with E-state index in [0.29, 0.717) is 12.3 Å². The number of carbonyl (C=O) groups excluding carboxylic acids is 1. The summed E-state index contributed by atoms with van der Waals surface area (Å²) >= 11 is 0. The van der Waals surface area contributed by atoms with E-state index < -0.39 is 35.6 Å². The molecule has 1 aromatic heterocycles. The molecule has 0 aliphatic carbocycles. The lowest BCUT2D eigenvalue weighted by atomic mass is 10.0. The summed E-state index contributed by atoms with van der Waals surface area (Å²) in [4.78, 5) is 15.0. The van der Waals surface area contributed by atoms with E-state index in [1.807, 2.05) is 0 Å². The van der Waals surface area contributed by atoms with Crippen molar-refractivity contribution in [3.63, 3.8) is 0 Å². The van der Waals surface area contributed by atoms with E-state index in [1.165, 1.54) is 7.11 Å². The fourth-order valence-electron chi connectivity index (χ4n) is 2.01. The second-order valence-electron chi connectivity index (χ2n) is 6.55. The number of carbonyl (C=O) groups is 1. The molecule has 0 saturated carbocycles. The summed E-state index contributed by atoms with van der Waals surface area (Å²) in [6.45, 7) is 4.98. The molecule has 0 radical (unpaired) electrons. The average molecular weight is 380 g/mol. The Hall–Kier alpha value is -2.07. The van der Waals surface area contributed by atoms with Crippen LogP contribution in [-0.2, 0) is 10.9 Å². The van der Waals surface area contributed by atoms with Gasteiger partial charge in [-0.25, -0.2) is 9.78 Å². The number of aliphatic hydroxyl groups is 2. The Morgan fingerprint density at radius 1 is 1.31 bits per heavy atom. The second-order valence-corrected chi connectivity index (χ2v) is 6.55. The quantitative estimate of drug-likeness (QED) is 0.701. The lowest BCUT2D eigenvalue weighted by Gasteiger charge is -2.22. The third-order valence-corrected chi connectivity index (χ3v) is 3.19. The number of aromatic nitrogens is 1. The molecule has 148 valence electrons. The molecular weight excluding hydrogens is 357 g/mol. The van der Waals surface area contributed by atoms with Crippen LogP contribution < -0.4 is 10.1 Å². The number of hydrogen-bond acceptors (Lipinski definition) is 6. The Morgan fingerprint density at radius 3 is 2.42 bits per heavy atom. The Bertz CT molecular complexity index is 617. The molecule has 0 fully saturated rings. The zero-order valence-corrected chi connectivity index (χ0v) is 14.9. The van der Waals surface area contributed by atoms with Gasteiger partial charge >= 0.3 is 12.3 Å². The Kier molecular flexibility index (Phi) is 7.22. The van der Waals surface area contributed by atoms with Gasteiger partial charge in [-0.1, -0.05) is 0 Å². The Balaban J connectivity index is 2.76. The third-order valence-electron chi connectivity index (χ3n) is 3.19. The fraction of sp³-hybridized carbons (Fsp3) is 0.625. The van der Waals surface area contributed by atoms with Crippen LogP contribution in [0.3, 0.4) is 0 Å². The summed E-state index contributed by atoms with van der Waals surface area (Å²) in [7, 11) is 1.18. The SMILES string of the molecule is COc1ncc(C(F)(F)F)cc1C(O)C(O)CCNC(=O)OC(C)(C)C. The number of ether oxygens (including phenoxy) is 2.